The average Bonchev–Trinajstić information content (AvgIpc) is 3.31. The highest BCUT2D eigenvalue weighted by Gasteiger charge is 2.62. The molecule has 0 heterocycles. The lowest BCUT2D eigenvalue weighted by Gasteiger charge is -2.44. The minimum Gasteiger partial charge on any atom is -0.396 e. The maximum absolute atomic E-state index is 10.4. The monoisotopic (exact) mass is 470 g/mol. The number of fused-ring (bicyclic) bond motifs is 2. The van der Waals surface area contributed by atoms with Gasteiger partial charge in [-0.05, 0) is 94.3 Å². The molecule has 0 aromatic rings. The van der Waals surface area contributed by atoms with Crippen LogP contribution in [0, 0.1) is 46.3 Å². The largest absolute Gasteiger partial charge is 0.396 e. The van der Waals surface area contributed by atoms with E-state index in [-0.39, 0.29) is 23.5 Å². The van der Waals surface area contributed by atoms with Crippen molar-refractivity contribution in [2.75, 3.05) is 20.5 Å². The van der Waals surface area contributed by atoms with E-state index in [9.17, 15) is 5.11 Å². The van der Waals surface area contributed by atoms with Crippen molar-refractivity contribution < 1.29 is 14.6 Å². The van der Waals surface area contributed by atoms with Gasteiger partial charge in [0.05, 0.1) is 12.2 Å². The molecule has 4 saturated carbocycles. The number of ether oxygens (including phenoxy) is 2. The van der Waals surface area contributed by atoms with Gasteiger partial charge < -0.3 is 14.6 Å². The molecule has 0 aromatic carbocycles. The summed E-state index contributed by atoms with van der Waals surface area (Å²) in [5.41, 5.74) is 3.44. The second-order valence-electron chi connectivity index (χ2n) is 12.9. The van der Waals surface area contributed by atoms with Crippen molar-refractivity contribution in [3.05, 3.63) is 36.0 Å². The Balaban J connectivity index is 1.47. The van der Waals surface area contributed by atoms with Gasteiger partial charge in [-0.25, -0.2) is 0 Å². The van der Waals surface area contributed by atoms with Crippen LogP contribution in [0.1, 0.15) is 86.0 Å². The second-order valence-corrected chi connectivity index (χ2v) is 12.9. The first-order valence-electron chi connectivity index (χ1n) is 13.9. The van der Waals surface area contributed by atoms with Crippen molar-refractivity contribution in [2.24, 2.45) is 46.3 Å². The van der Waals surface area contributed by atoms with Crippen LogP contribution >= 0.6 is 0 Å². The van der Waals surface area contributed by atoms with E-state index in [0.29, 0.717) is 35.9 Å². The van der Waals surface area contributed by atoms with Crippen LogP contribution in [-0.4, -0.2) is 31.2 Å². The highest BCUT2D eigenvalue weighted by Crippen LogP contribution is 2.70. The van der Waals surface area contributed by atoms with Crippen molar-refractivity contribution in [3.63, 3.8) is 0 Å². The molecule has 1 N–H and O–H groups in total. The number of rotatable bonds is 10. The van der Waals surface area contributed by atoms with Crippen molar-refractivity contribution in [1.29, 1.82) is 0 Å². The second kappa shape index (κ2) is 9.87. The number of allylic oxidation sites excluding steroid dienone is 3. The lowest BCUT2D eigenvalue weighted by atomic mass is 9.60. The van der Waals surface area contributed by atoms with E-state index in [1.807, 2.05) is 0 Å². The zero-order chi connectivity index (χ0) is 24.7. The molecule has 3 heteroatoms. The van der Waals surface area contributed by atoms with Gasteiger partial charge in [0.15, 0.2) is 0 Å². The third-order valence-electron chi connectivity index (χ3n) is 10.9. The summed E-state index contributed by atoms with van der Waals surface area (Å²) in [6.45, 7) is 16.6. The van der Waals surface area contributed by atoms with E-state index in [2.05, 4.69) is 59.4 Å². The Bertz CT molecular complexity index is 809. The topological polar surface area (TPSA) is 38.7 Å². The number of aliphatic hydroxyl groups is 1. The number of aliphatic hydroxyl groups excluding tert-OH is 1. The molecule has 192 valence electrons. The third kappa shape index (κ3) is 4.50. The van der Waals surface area contributed by atoms with Gasteiger partial charge >= 0.3 is 0 Å². The fraction of sp³-hybridized carbons (Fsp3) is 0.806. The van der Waals surface area contributed by atoms with Gasteiger partial charge in [0.2, 0.25) is 0 Å². The molecule has 0 aromatic heterocycles. The average molecular weight is 471 g/mol. The Morgan fingerprint density at radius 1 is 1.18 bits per heavy atom. The lowest BCUT2D eigenvalue weighted by molar-refractivity contribution is -0.128. The van der Waals surface area contributed by atoms with Crippen LogP contribution in [0.3, 0.4) is 0 Å². The summed E-state index contributed by atoms with van der Waals surface area (Å²) in [6.07, 6.45) is 17.6. The fourth-order valence-corrected chi connectivity index (χ4v) is 8.25. The van der Waals surface area contributed by atoms with Gasteiger partial charge in [-0.2, -0.15) is 0 Å². The summed E-state index contributed by atoms with van der Waals surface area (Å²) in [6, 6.07) is 0. The Kier molecular flexibility index (Phi) is 7.59. The molecule has 0 spiro atoms. The van der Waals surface area contributed by atoms with Crippen LogP contribution in [0.15, 0.2) is 36.0 Å². The van der Waals surface area contributed by atoms with E-state index in [0.717, 1.165) is 5.92 Å². The SMILES string of the molecule is C=C1CC[C@@H]2C[C@]12[C@@H](C=C1CCC[C@]2(C)[C@@H]([C@H](C)C=C[C@H](C)C(C)(C)OCOC)CC[C@@H]12)CO. The summed E-state index contributed by atoms with van der Waals surface area (Å²) in [5, 5.41) is 10.4. The maximum atomic E-state index is 10.4. The Hall–Kier alpha value is -0.900. The van der Waals surface area contributed by atoms with Crippen molar-refractivity contribution >= 4 is 0 Å². The molecule has 4 aliphatic rings. The Morgan fingerprint density at radius 2 is 1.94 bits per heavy atom. The number of hydrogen-bond acceptors (Lipinski definition) is 3. The maximum Gasteiger partial charge on any atom is 0.147 e. The van der Waals surface area contributed by atoms with Crippen molar-refractivity contribution in [2.45, 2.75) is 91.6 Å². The first kappa shape index (κ1) is 26.2. The molecule has 8 atom stereocenters. The Labute approximate surface area is 209 Å². The first-order chi connectivity index (χ1) is 16.1. The van der Waals surface area contributed by atoms with Gasteiger partial charge in [0.1, 0.15) is 6.79 Å². The molecular formula is C31H50O3. The van der Waals surface area contributed by atoms with Crippen molar-refractivity contribution in [3.8, 4) is 0 Å². The molecule has 0 unspecified atom stereocenters. The summed E-state index contributed by atoms with van der Waals surface area (Å²) in [7, 11) is 1.68. The van der Waals surface area contributed by atoms with Crippen LogP contribution in [-0.2, 0) is 9.47 Å². The van der Waals surface area contributed by atoms with Crippen LogP contribution in [0.4, 0.5) is 0 Å². The van der Waals surface area contributed by atoms with Gasteiger partial charge in [0.25, 0.3) is 0 Å². The smallest absolute Gasteiger partial charge is 0.147 e. The number of methoxy groups -OCH3 is 1. The van der Waals surface area contributed by atoms with Crippen LogP contribution < -0.4 is 0 Å². The third-order valence-corrected chi connectivity index (χ3v) is 10.9. The van der Waals surface area contributed by atoms with Gasteiger partial charge in [-0.15, -0.1) is 0 Å². The quantitative estimate of drug-likeness (QED) is 0.268. The lowest BCUT2D eigenvalue weighted by Crippen LogP contribution is -2.36. The highest BCUT2D eigenvalue weighted by molar-refractivity contribution is 5.34. The predicted octanol–water partition coefficient (Wildman–Crippen LogP) is 7.32. The fourth-order valence-electron chi connectivity index (χ4n) is 8.25. The van der Waals surface area contributed by atoms with E-state index >= 15 is 0 Å². The Morgan fingerprint density at radius 3 is 2.56 bits per heavy atom. The van der Waals surface area contributed by atoms with Gasteiger partial charge in [-0.1, -0.05) is 56.7 Å². The molecule has 34 heavy (non-hydrogen) atoms. The van der Waals surface area contributed by atoms with E-state index in [4.69, 9.17) is 9.47 Å². The van der Waals surface area contributed by atoms with Crippen molar-refractivity contribution in [1.82, 2.24) is 0 Å². The normalized spacial score (nSPS) is 39.3. The zero-order valence-corrected chi connectivity index (χ0v) is 22.7. The summed E-state index contributed by atoms with van der Waals surface area (Å²) in [4.78, 5) is 0. The number of hydrogen-bond donors (Lipinski definition) is 1. The van der Waals surface area contributed by atoms with E-state index < -0.39 is 0 Å². The molecule has 4 aliphatic carbocycles. The van der Waals surface area contributed by atoms with Crippen LogP contribution in [0.2, 0.25) is 0 Å². The molecule has 0 bridgehead atoms. The summed E-state index contributed by atoms with van der Waals surface area (Å²) < 4.78 is 11.0. The molecule has 0 radical (unpaired) electrons. The summed E-state index contributed by atoms with van der Waals surface area (Å²) in [5.74, 6) is 3.35. The van der Waals surface area contributed by atoms with Crippen LogP contribution in [0.25, 0.3) is 0 Å². The van der Waals surface area contributed by atoms with E-state index in [1.165, 1.54) is 56.9 Å². The molecule has 4 rings (SSSR count). The molecule has 3 nitrogen and oxygen atoms in total. The highest BCUT2D eigenvalue weighted by atomic mass is 16.7. The molecule has 0 saturated heterocycles. The molecule has 0 amide bonds. The molecule has 4 fully saturated rings. The molecule has 0 aliphatic heterocycles. The van der Waals surface area contributed by atoms with E-state index in [1.54, 1.807) is 12.7 Å². The van der Waals surface area contributed by atoms with Gasteiger partial charge in [0, 0.05) is 24.4 Å². The van der Waals surface area contributed by atoms with Gasteiger partial charge in [-0.3, -0.25) is 0 Å². The van der Waals surface area contributed by atoms with Crippen LogP contribution in [0.5, 0.6) is 0 Å². The molecular weight excluding hydrogens is 420 g/mol. The minimum atomic E-state index is -0.237. The first-order valence-corrected chi connectivity index (χ1v) is 13.9. The standard InChI is InChI=1S/C31H50O3/c1-21(10-11-22(2)29(4,5)34-20-33-7)27-14-15-28-24(9-8-16-30(27,28)6)17-26(19-32)31-18-25(31)13-12-23(31)3/h10-11,17,21-22,25-28,32H,3,8-9,12-16,18-20H2,1-2,4-7H3/t21-,22+,25-,26+,27-,28+,30-,31+/m1/s1. The zero-order valence-electron chi connectivity index (χ0n) is 22.7. The summed E-state index contributed by atoms with van der Waals surface area (Å²) >= 11 is 0. The predicted molar refractivity (Wildman–Crippen MR) is 140 cm³/mol. The minimum absolute atomic E-state index is 0.234.